The number of carbonyl (C=O) groups is 3. The van der Waals surface area contributed by atoms with Gasteiger partial charge in [-0.25, -0.2) is 4.79 Å². The summed E-state index contributed by atoms with van der Waals surface area (Å²) < 4.78 is 0. The quantitative estimate of drug-likeness (QED) is 0.626. The Morgan fingerprint density at radius 3 is 2.24 bits per heavy atom. The minimum atomic E-state index is -0.969. The summed E-state index contributed by atoms with van der Waals surface area (Å²) in [6.07, 6.45) is 9.63. The number of carbonyl (C=O) groups excluding carboxylic acids is 2. The molecule has 142 valence electrons. The molecule has 3 N–H and O–H groups in total. The van der Waals surface area contributed by atoms with Crippen molar-refractivity contribution in [2.75, 3.05) is 0 Å². The van der Waals surface area contributed by atoms with E-state index in [1.807, 2.05) is 6.92 Å². The fourth-order valence-corrected chi connectivity index (χ4v) is 4.10. The van der Waals surface area contributed by atoms with E-state index in [9.17, 15) is 14.4 Å². The monoisotopic (exact) mass is 352 g/mol. The summed E-state index contributed by atoms with van der Waals surface area (Å²) in [4.78, 5) is 35.6. The Hall–Kier alpha value is -1.59. The second kappa shape index (κ2) is 9.78. The Labute approximate surface area is 150 Å². The van der Waals surface area contributed by atoms with Crippen LogP contribution >= 0.6 is 0 Å². The van der Waals surface area contributed by atoms with Crippen molar-refractivity contribution in [2.24, 2.45) is 11.8 Å². The number of hydrogen-bond acceptors (Lipinski definition) is 3. The summed E-state index contributed by atoms with van der Waals surface area (Å²) in [6.45, 7) is 1.90. The summed E-state index contributed by atoms with van der Waals surface area (Å²) in [6, 6.07) is -0.634. The van der Waals surface area contributed by atoms with Gasteiger partial charge in [-0.3, -0.25) is 9.59 Å². The van der Waals surface area contributed by atoms with Crippen molar-refractivity contribution in [1.29, 1.82) is 0 Å². The minimum Gasteiger partial charge on any atom is -0.480 e. The van der Waals surface area contributed by atoms with E-state index in [1.54, 1.807) is 0 Å². The van der Waals surface area contributed by atoms with E-state index in [-0.39, 0.29) is 23.8 Å². The van der Waals surface area contributed by atoms with E-state index in [4.69, 9.17) is 5.11 Å². The van der Waals surface area contributed by atoms with Crippen molar-refractivity contribution in [1.82, 2.24) is 10.6 Å². The lowest BCUT2D eigenvalue weighted by molar-refractivity contribution is -0.143. The summed E-state index contributed by atoms with van der Waals surface area (Å²) in [5.41, 5.74) is 0. The molecule has 2 rings (SSSR count). The molecule has 6 nitrogen and oxygen atoms in total. The number of amides is 2. The maximum absolute atomic E-state index is 12.3. The molecular formula is C19H32N2O4. The minimum absolute atomic E-state index is 0.137. The van der Waals surface area contributed by atoms with Crippen molar-refractivity contribution in [3.05, 3.63) is 0 Å². The van der Waals surface area contributed by atoms with Gasteiger partial charge in [-0.15, -0.1) is 0 Å². The van der Waals surface area contributed by atoms with Gasteiger partial charge in [0.1, 0.15) is 6.04 Å². The van der Waals surface area contributed by atoms with Crippen LogP contribution in [0.4, 0.5) is 0 Å². The van der Waals surface area contributed by atoms with Crippen molar-refractivity contribution in [2.45, 2.75) is 89.6 Å². The third-order valence-corrected chi connectivity index (χ3v) is 5.60. The molecule has 6 heteroatoms. The molecule has 0 aromatic rings. The Morgan fingerprint density at radius 2 is 1.68 bits per heavy atom. The number of hydrogen-bond donors (Lipinski definition) is 3. The molecule has 2 aliphatic rings. The van der Waals surface area contributed by atoms with Gasteiger partial charge in [0.05, 0.1) is 0 Å². The topological polar surface area (TPSA) is 95.5 Å². The second-order valence-electron chi connectivity index (χ2n) is 7.66. The smallest absolute Gasteiger partial charge is 0.326 e. The number of rotatable bonds is 8. The molecule has 0 spiro atoms. The number of carboxylic acid groups (broad SMARTS) is 1. The van der Waals surface area contributed by atoms with Crippen LogP contribution in [0, 0.1) is 11.8 Å². The first kappa shape index (κ1) is 19.7. The molecular weight excluding hydrogens is 320 g/mol. The van der Waals surface area contributed by atoms with Gasteiger partial charge in [-0.2, -0.15) is 0 Å². The molecule has 0 bridgehead atoms. The predicted molar refractivity (Wildman–Crippen MR) is 94.9 cm³/mol. The Balaban J connectivity index is 1.70. The normalized spacial score (nSPS) is 25.3. The summed E-state index contributed by atoms with van der Waals surface area (Å²) in [5, 5.41) is 14.9. The van der Waals surface area contributed by atoms with Gasteiger partial charge in [0.2, 0.25) is 11.8 Å². The Kier molecular flexibility index (Phi) is 7.72. The van der Waals surface area contributed by atoms with Crippen molar-refractivity contribution < 1.29 is 19.5 Å². The van der Waals surface area contributed by atoms with Crippen LogP contribution in [0.2, 0.25) is 0 Å². The van der Waals surface area contributed by atoms with Crippen LogP contribution in [0.15, 0.2) is 0 Å². The molecule has 2 fully saturated rings. The largest absolute Gasteiger partial charge is 0.480 e. The van der Waals surface area contributed by atoms with Crippen molar-refractivity contribution in [3.8, 4) is 0 Å². The fraction of sp³-hybridized carbons (Fsp3) is 0.842. The molecule has 1 atom stereocenters. The maximum atomic E-state index is 12.3. The second-order valence-corrected chi connectivity index (χ2v) is 7.66. The van der Waals surface area contributed by atoms with Gasteiger partial charge in [0.15, 0.2) is 0 Å². The zero-order chi connectivity index (χ0) is 18.2. The van der Waals surface area contributed by atoms with E-state index in [0.29, 0.717) is 31.6 Å². The van der Waals surface area contributed by atoms with Crippen molar-refractivity contribution >= 4 is 17.8 Å². The highest BCUT2D eigenvalue weighted by molar-refractivity contribution is 5.85. The molecule has 2 saturated carbocycles. The van der Waals surface area contributed by atoms with Gasteiger partial charge < -0.3 is 15.7 Å². The molecule has 0 aromatic carbocycles. The number of nitrogens with one attached hydrogen (secondary N) is 2. The highest BCUT2D eigenvalue weighted by Crippen LogP contribution is 2.28. The number of aliphatic carboxylic acids is 1. The standard InChI is InChI=1S/C19H32N2O4/c1-2-5-16(19(24)25)21-18(23)14-8-10-15(11-9-14)20-17(22)12-13-6-3-4-7-13/h13-16H,2-12H2,1H3,(H,20,22)(H,21,23)(H,24,25). The molecule has 0 heterocycles. The Morgan fingerprint density at radius 1 is 1.04 bits per heavy atom. The molecule has 0 radical (unpaired) electrons. The van der Waals surface area contributed by atoms with Crippen LogP contribution in [0.5, 0.6) is 0 Å². The predicted octanol–water partition coefficient (Wildman–Crippen LogP) is 2.61. The first-order valence-electron chi connectivity index (χ1n) is 9.82. The SMILES string of the molecule is CCCC(NC(=O)C1CCC(NC(=O)CC2CCCC2)CC1)C(=O)O. The number of carboxylic acids is 1. The maximum Gasteiger partial charge on any atom is 0.326 e. The molecule has 25 heavy (non-hydrogen) atoms. The van der Waals surface area contributed by atoms with E-state index >= 15 is 0 Å². The van der Waals surface area contributed by atoms with Crippen LogP contribution in [-0.4, -0.2) is 35.0 Å². The van der Waals surface area contributed by atoms with E-state index < -0.39 is 12.0 Å². The first-order chi connectivity index (χ1) is 12.0. The van der Waals surface area contributed by atoms with Gasteiger partial charge in [-0.05, 0) is 50.9 Å². The lowest BCUT2D eigenvalue weighted by Gasteiger charge is -2.29. The molecule has 0 saturated heterocycles. The molecule has 2 aliphatic carbocycles. The van der Waals surface area contributed by atoms with Crippen LogP contribution in [-0.2, 0) is 14.4 Å². The third kappa shape index (κ3) is 6.33. The van der Waals surface area contributed by atoms with Crippen LogP contribution in [0.25, 0.3) is 0 Å². The molecule has 2 amide bonds. The highest BCUT2D eigenvalue weighted by atomic mass is 16.4. The highest BCUT2D eigenvalue weighted by Gasteiger charge is 2.30. The molecule has 0 aromatic heterocycles. The lowest BCUT2D eigenvalue weighted by Crippen LogP contribution is -2.46. The average molecular weight is 352 g/mol. The fourth-order valence-electron chi connectivity index (χ4n) is 4.10. The zero-order valence-electron chi connectivity index (χ0n) is 15.3. The van der Waals surface area contributed by atoms with Crippen LogP contribution in [0.1, 0.15) is 77.6 Å². The van der Waals surface area contributed by atoms with Gasteiger partial charge >= 0.3 is 5.97 Å². The van der Waals surface area contributed by atoms with Crippen LogP contribution in [0.3, 0.4) is 0 Å². The molecule has 0 aliphatic heterocycles. The first-order valence-corrected chi connectivity index (χ1v) is 9.82. The van der Waals surface area contributed by atoms with Gasteiger partial charge in [-0.1, -0.05) is 26.2 Å². The van der Waals surface area contributed by atoms with E-state index in [1.165, 1.54) is 25.7 Å². The Bertz CT molecular complexity index is 466. The van der Waals surface area contributed by atoms with Gasteiger partial charge in [0.25, 0.3) is 0 Å². The average Bonchev–Trinajstić information content (AvgIpc) is 3.07. The van der Waals surface area contributed by atoms with Crippen molar-refractivity contribution in [3.63, 3.8) is 0 Å². The summed E-state index contributed by atoms with van der Waals surface area (Å²) in [7, 11) is 0. The summed E-state index contributed by atoms with van der Waals surface area (Å²) >= 11 is 0. The third-order valence-electron chi connectivity index (χ3n) is 5.60. The van der Waals surface area contributed by atoms with E-state index in [2.05, 4.69) is 10.6 Å². The van der Waals surface area contributed by atoms with Gasteiger partial charge in [0, 0.05) is 18.4 Å². The lowest BCUT2D eigenvalue weighted by atomic mass is 9.85. The van der Waals surface area contributed by atoms with E-state index in [0.717, 1.165) is 19.3 Å². The zero-order valence-corrected chi connectivity index (χ0v) is 15.3. The molecule has 1 unspecified atom stereocenters. The van der Waals surface area contributed by atoms with Crippen LogP contribution < -0.4 is 10.6 Å². The summed E-state index contributed by atoms with van der Waals surface area (Å²) in [5.74, 6) is -0.566.